The van der Waals surface area contributed by atoms with Crippen molar-refractivity contribution in [2.75, 3.05) is 21.5 Å². The zero-order valence-electron chi connectivity index (χ0n) is 15.9. The number of benzene rings is 2. The average molecular weight is 425 g/mol. The summed E-state index contributed by atoms with van der Waals surface area (Å²) < 4.78 is 33.0. The quantitative estimate of drug-likeness (QED) is 0.629. The Hall–Kier alpha value is -3.59. The highest BCUT2D eigenvalue weighted by Crippen LogP contribution is 2.25. The molecule has 2 aromatic carbocycles. The number of furan rings is 1. The SMILES string of the molecule is O=C(Nc1cccc(NS(=O)(=O)c2ccc(N3CCCC3=O)cc2)c1)c1ccco1. The molecule has 0 atom stereocenters. The molecular formula is C21H19N3O5S. The fraction of sp³-hybridized carbons (Fsp3) is 0.143. The predicted octanol–water partition coefficient (Wildman–Crippen LogP) is 3.46. The van der Waals surface area contributed by atoms with Gasteiger partial charge in [0.05, 0.1) is 16.8 Å². The van der Waals surface area contributed by atoms with Crippen molar-refractivity contribution in [1.29, 1.82) is 0 Å². The van der Waals surface area contributed by atoms with E-state index in [1.165, 1.54) is 30.5 Å². The van der Waals surface area contributed by atoms with Gasteiger partial charge >= 0.3 is 0 Å². The molecule has 30 heavy (non-hydrogen) atoms. The molecule has 1 aliphatic rings. The Morgan fingerprint density at radius 3 is 2.43 bits per heavy atom. The third kappa shape index (κ3) is 4.20. The summed E-state index contributed by atoms with van der Waals surface area (Å²) in [5.41, 5.74) is 1.39. The van der Waals surface area contributed by atoms with E-state index in [4.69, 9.17) is 4.42 Å². The Balaban J connectivity index is 1.48. The first-order valence-electron chi connectivity index (χ1n) is 9.30. The maximum atomic E-state index is 12.7. The highest BCUT2D eigenvalue weighted by Gasteiger charge is 2.22. The highest BCUT2D eigenvalue weighted by molar-refractivity contribution is 7.92. The summed E-state index contributed by atoms with van der Waals surface area (Å²) in [6.45, 7) is 0.639. The number of sulfonamides is 1. The fourth-order valence-corrected chi connectivity index (χ4v) is 4.25. The minimum atomic E-state index is -3.84. The number of nitrogens with zero attached hydrogens (tertiary/aromatic N) is 1. The summed E-state index contributed by atoms with van der Waals surface area (Å²) >= 11 is 0. The molecule has 4 rings (SSSR count). The molecule has 0 bridgehead atoms. The Bertz CT molecular complexity index is 1170. The molecule has 8 nitrogen and oxygen atoms in total. The first-order chi connectivity index (χ1) is 14.4. The lowest BCUT2D eigenvalue weighted by Crippen LogP contribution is -2.23. The van der Waals surface area contributed by atoms with E-state index in [9.17, 15) is 18.0 Å². The van der Waals surface area contributed by atoms with E-state index in [1.807, 2.05) is 0 Å². The van der Waals surface area contributed by atoms with Crippen LogP contribution in [0.15, 0.2) is 76.2 Å². The van der Waals surface area contributed by atoms with Crippen molar-refractivity contribution in [3.05, 3.63) is 72.7 Å². The Labute approximate surface area is 173 Å². The van der Waals surface area contributed by atoms with Crippen molar-refractivity contribution < 1.29 is 22.4 Å². The van der Waals surface area contributed by atoms with Crippen molar-refractivity contribution in [3.63, 3.8) is 0 Å². The van der Waals surface area contributed by atoms with Gasteiger partial charge in [-0.25, -0.2) is 8.42 Å². The summed E-state index contributed by atoms with van der Waals surface area (Å²) in [6, 6.07) is 15.7. The summed E-state index contributed by atoms with van der Waals surface area (Å²) in [5, 5.41) is 2.65. The number of carbonyl (C=O) groups is 2. The number of anilines is 3. The van der Waals surface area contributed by atoms with E-state index < -0.39 is 15.9 Å². The van der Waals surface area contributed by atoms with Gasteiger partial charge in [-0.3, -0.25) is 14.3 Å². The van der Waals surface area contributed by atoms with Gasteiger partial charge < -0.3 is 14.6 Å². The van der Waals surface area contributed by atoms with Crippen LogP contribution >= 0.6 is 0 Å². The van der Waals surface area contributed by atoms with Crippen LogP contribution in [0.4, 0.5) is 17.1 Å². The largest absolute Gasteiger partial charge is 0.459 e. The molecule has 1 aromatic heterocycles. The van der Waals surface area contributed by atoms with Crippen LogP contribution in [0, 0.1) is 0 Å². The topological polar surface area (TPSA) is 109 Å². The third-order valence-electron chi connectivity index (χ3n) is 4.65. The minimum Gasteiger partial charge on any atom is -0.459 e. The molecule has 0 saturated carbocycles. The molecule has 1 fully saturated rings. The molecule has 0 spiro atoms. The molecule has 9 heteroatoms. The Kier molecular flexibility index (Phi) is 5.28. The lowest BCUT2D eigenvalue weighted by Gasteiger charge is -2.16. The monoisotopic (exact) mass is 425 g/mol. The summed E-state index contributed by atoms with van der Waals surface area (Å²) in [4.78, 5) is 25.6. The molecule has 0 aliphatic carbocycles. The van der Waals surface area contributed by atoms with Gasteiger partial charge in [-0.2, -0.15) is 0 Å². The predicted molar refractivity (Wildman–Crippen MR) is 112 cm³/mol. The van der Waals surface area contributed by atoms with Gasteiger partial charge in [0.25, 0.3) is 15.9 Å². The van der Waals surface area contributed by atoms with Crippen LogP contribution < -0.4 is 14.9 Å². The lowest BCUT2D eigenvalue weighted by atomic mass is 10.3. The molecule has 3 aromatic rings. The van der Waals surface area contributed by atoms with E-state index in [1.54, 1.807) is 41.3 Å². The van der Waals surface area contributed by atoms with Gasteiger partial charge in [-0.1, -0.05) is 6.07 Å². The highest BCUT2D eigenvalue weighted by atomic mass is 32.2. The van der Waals surface area contributed by atoms with E-state index in [0.29, 0.717) is 30.0 Å². The van der Waals surface area contributed by atoms with Crippen LogP contribution in [0.3, 0.4) is 0 Å². The average Bonchev–Trinajstić information content (AvgIpc) is 3.40. The van der Waals surface area contributed by atoms with Crippen molar-refractivity contribution >= 4 is 38.9 Å². The second-order valence-electron chi connectivity index (χ2n) is 6.76. The van der Waals surface area contributed by atoms with Crippen LogP contribution in [-0.2, 0) is 14.8 Å². The van der Waals surface area contributed by atoms with E-state index >= 15 is 0 Å². The summed E-state index contributed by atoms with van der Waals surface area (Å²) in [7, 11) is -3.84. The van der Waals surface area contributed by atoms with Crippen LogP contribution in [0.5, 0.6) is 0 Å². The van der Waals surface area contributed by atoms with Gasteiger partial charge in [0.2, 0.25) is 5.91 Å². The zero-order valence-corrected chi connectivity index (χ0v) is 16.7. The molecule has 0 radical (unpaired) electrons. The van der Waals surface area contributed by atoms with Crippen molar-refractivity contribution in [1.82, 2.24) is 0 Å². The number of carbonyl (C=O) groups excluding carboxylic acids is 2. The Morgan fingerprint density at radius 2 is 1.77 bits per heavy atom. The molecule has 154 valence electrons. The fourth-order valence-electron chi connectivity index (χ4n) is 3.20. The smallest absolute Gasteiger partial charge is 0.291 e. The van der Waals surface area contributed by atoms with Crippen molar-refractivity contribution in [2.45, 2.75) is 17.7 Å². The first kappa shape index (κ1) is 19.7. The van der Waals surface area contributed by atoms with E-state index in [2.05, 4.69) is 10.0 Å². The molecule has 0 unspecified atom stereocenters. The minimum absolute atomic E-state index is 0.0390. The third-order valence-corrected chi connectivity index (χ3v) is 6.05. The van der Waals surface area contributed by atoms with Gasteiger partial charge in [-0.05, 0) is 61.0 Å². The zero-order chi connectivity index (χ0) is 21.1. The number of hydrogen-bond acceptors (Lipinski definition) is 5. The number of nitrogens with one attached hydrogen (secondary N) is 2. The van der Waals surface area contributed by atoms with Crippen LogP contribution in [-0.4, -0.2) is 26.8 Å². The molecule has 2 N–H and O–H groups in total. The first-order valence-corrected chi connectivity index (χ1v) is 10.8. The molecule has 1 aliphatic heterocycles. The number of amides is 2. The van der Waals surface area contributed by atoms with Gasteiger partial charge in [0.1, 0.15) is 0 Å². The van der Waals surface area contributed by atoms with Gasteiger partial charge in [0, 0.05) is 24.3 Å². The maximum absolute atomic E-state index is 12.7. The summed E-state index contributed by atoms with van der Waals surface area (Å²) in [5.74, 6) is -0.248. The van der Waals surface area contributed by atoms with Crippen LogP contribution in [0.25, 0.3) is 0 Å². The van der Waals surface area contributed by atoms with Crippen molar-refractivity contribution in [2.24, 2.45) is 0 Å². The van der Waals surface area contributed by atoms with Gasteiger partial charge in [0.15, 0.2) is 5.76 Å². The molecule has 2 amide bonds. The summed E-state index contributed by atoms with van der Waals surface area (Å²) in [6.07, 6.45) is 2.70. The van der Waals surface area contributed by atoms with Crippen LogP contribution in [0.2, 0.25) is 0 Å². The second kappa shape index (κ2) is 8.03. The number of hydrogen-bond donors (Lipinski definition) is 2. The standard InChI is InChI=1S/C21H19N3O5S/c25-20-7-2-12-24(20)17-8-10-18(11-9-17)30(27,28)23-16-5-1-4-15(14-16)22-21(26)19-6-3-13-29-19/h1,3-6,8-11,13-14,23H,2,7,12H2,(H,22,26). The van der Waals surface area contributed by atoms with Gasteiger partial charge in [-0.15, -0.1) is 0 Å². The number of rotatable bonds is 6. The van der Waals surface area contributed by atoms with Crippen molar-refractivity contribution in [3.8, 4) is 0 Å². The maximum Gasteiger partial charge on any atom is 0.291 e. The second-order valence-corrected chi connectivity index (χ2v) is 8.44. The van der Waals surface area contributed by atoms with Crippen LogP contribution in [0.1, 0.15) is 23.4 Å². The normalized spacial score (nSPS) is 14.0. The lowest BCUT2D eigenvalue weighted by molar-refractivity contribution is -0.117. The Morgan fingerprint density at radius 1 is 1.00 bits per heavy atom. The molecule has 2 heterocycles. The molecule has 1 saturated heterocycles. The van der Waals surface area contributed by atoms with E-state index in [0.717, 1.165) is 6.42 Å². The van der Waals surface area contributed by atoms with E-state index in [-0.39, 0.29) is 16.6 Å². The molecular weight excluding hydrogens is 406 g/mol.